The minimum Gasteiger partial charge on any atom is -0.487 e. The topological polar surface area (TPSA) is 26.5 Å². The van der Waals surface area contributed by atoms with Gasteiger partial charge in [0.05, 0.1) is 5.69 Å². The van der Waals surface area contributed by atoms with Crippen LogP contribution in [0.25, 0.3) is 5.52 Å². The summed E-state index contributed by atoms with van der Waals surface area (Å²) in [6.45, 7) is 4.59. The first-order valence-electron chi connectivity index (χ1n) is 6.37. The SMILES string of the molecule is Cc1nc(C)n2cccc(OCc3ccccc3)c12. The molecule has 1 aromatic carbocycles. The van der Waals surface area contributed by atoms with E-state index >= 15 is 0 Å². The highest BCUT2D eigenvalue weighted by Crippen LogP contribution is 2.24. The summed E-state index contributed by atoms with van der Waals surface area (Å²) >= 11 is 0. The molecule has 19 heavy (non-hydrogen) atoms. The number of benzene rings is 1. The van der Waals surface area contributed by atoms with E-state index in [1.165, 1.54) is 5.56 Å². The summed E-state index contributed by atoms with van der Waals surface area (Å²) < 4.78 is 8.00. The predicted molar refractivity (Wildman–Crippen MR) is 75.4 cm³/mol. The van der Waals surface area contributed by atoms with Gasteiger partial charge in [0.1, 0.15) is 23.7 Å². The normalized spacial score (nSPS) is 10.8. The fraction of sp³-hybridized carbons (Fsp3) is 0.188. The molecule has 0 aliphatic heterocycles. The van der Waals surface area contributed by atoms with Crippen molar-refractivity contribution in [2.75, 3.05) is 0 Å². The van der Waals surface area contributed by atoms with E-state index < -0.39 is 0 Å². The van der Waals surface area contributed by atoms with Gasteiger partial charge in [-0.15, -0.1) is 0 Å². The number of pyridine rings is 1. The molecule has 0 amide bonds. The van der Waals surface area contributed by atoms with Crippen molar-refractivity contribution in [2.45, 2.75) is 20.5 Å². The van der Waals surface area contributed by atoms with Crippen LogP contribution in [-0.4, -0.2) is 9.38 Å². The molecule has 3 heteroatoms. The number of imidazole rings is 1. The summed E-state index contributed by atoms with van der Waals surface area (Å²) in [5, 5.41) is 0. The number of hydrogen-bond acceptors (Lipinski definition) is 2. The van der Waals surface area contributed by atoms with Crippen LogP contribution in [0.2, 0.25) is 0 Å². The summed E-state index contributed by atoms with van der Waals surface area (Å²) in [4.78, 5) is 4.49. The van der Waals surface area contributed by atoms with Gasteiger partial charge in [-0.3, -0.25) is 0 Å². The van der Waals surface area contributed by atoms with Crippen molar-refractivity contribution in [3.8, 4) is 5.75 Å². The Morgan fingerprint density at radius 1 is 1.05 bits per heavy atom. The highest BCUT2D eigenvalue weighted by molar-refractivity contribution is 5.64. The monoisotopic (exact) mass is 252 g/mol. The first-order chi connectivity index (χ1) is 9.25. The number of ether oxygens (including phenoxy) is 1. The van der Waals surface area contributed by atoms with E-state index in [1.807, 2.05) is 50.4 Å². The van der Waals surface area contributed by atoms with E-state index in [0.29, 0.717) is 6.61 Å². The summed E-state index contributed by atoms with van der Waals surface area (Å²) in [6, 6.07) is 14.2. The van der Waals surface area contributed by atoms with Crippen LogP contribution in [-0.2, 0) is 6.61 Å². The molecule has 3 aromatic rings. The van der Waals surface area contributed by atoms with Gasteiger partial charge in [-0.05, 0) is 31.5 Å². The highest BCUT2D eigenvalue weighted by Gasteiger charge is 2.09. The first kappa shape index (κ1) is 11.8. The first-order valence-corrected chi connectivity index (χ1v) is 6.37. The lowest BCUT2D eigenvalue weighted by Crippen LogP contribution is -1.97. The van der Waals surface area contributed by atoms with Crippen molar-refractivity contribution in [2.24, 2.45) is 0 Å². The van der Waals surface area contributed by atoms with Crippen molar-refractivity contribution >= 4 is 5.52 Å². The molecule has 0 radical (unpaired) electrons. The lowest BCUT2D eigenvalue weighted by atomic mass is 10.2. The maximum Gasteiger partial charge on any atom is 0.145 e. The lowest BCUT2D eigenvalue weighted by Gasteiger charge is -2.08. The van der Waals surface area contributed by atoms with Crippen molar-refractivity contribution in [3.05, 3.63) is 65.7 Å². The van der Waals surface area contributed by atoms with Gasteiger partial charge < -0.3 is 9.14 Å². The van der Waals surface area contributed by atoms with Gasteiger partial charge >= 0.3 is 0 Å². The quantitative estimate of drug-likeness (QED) is 0.713. The van der Waals surface area contributed by atoms with Crippen LogP contribution in [0.3, 0.4) is 0 Å². The Morgan fingerprint density at radius 2 is 1.84 bits per heavy atom. The standard InChI is InChI=1S/C16H16N2O/c1-12-16-15(9-6-10-18(16)13(2)17-12)19-11-14-7-4-3-5-8-14/h3-10H,11H2,1-2H3. The second kappa shape index (κ2) is 4.76. The van der Waals surface area contributed by atoms with Crippen molar-refractivity contribution in [3.63, 3.8) is 0 Å². The Kier molecular flexibility index (Phi) is 2.95. The average Bonchev–Trinajstić information content (AvgIpc) is 2.74. The van der Waals surface area contributed by atoms with E-state index in [0.717, 1.165) is 22.8 Å². The average molecular weight is 252 g/mol. The molecule has 0 atom stereocenters. The molecule has 0 aliphatic carbocycles. The number of aryl methyl sites for hydroxylation is 2. The molecule has 0 spiro atoms. The fourth-order valence-electron chi connectivity index (χ4n) is 2.31. The van der Waals surface area contributed by atoms with Crippen LogP contribution in [0.1, 0.15) is 17.1 Å². The minimum atomic E-state index is 0.574. The molecule has 0 bridgehead atoms. The number of nitrogens with zero attached hydrogens (tertiary/aromatic N) is 2. The van der Waals surface area contributed by atoms with E-state index in [-0.39, 0.29) is 0 Å². The molecule has 0 saturated carbocycles. The lowest BCUT2D eigenvalue weighted by molar-refractivity contribution is 0.308. The zero-order valence-electron chi connectivity index (χ0n) is 11.1. The van der Waals surface area contributed by atoms with Crippen LogP contribution in [0.4, 0.5) is 0 Å². The summed E-state index contributed by atoms with van der Waals surface area (Å²) in [6.07, 6.45) is 2.01. The van der Waals surface area contributed by atoms with Crippen LogP contribution in [0.15, 0.2) is 48.7 Å². The maximum absolute atomic E-state index is 5.94. The zero-order valence-corrected chi connectivity index (χ0v) is 11.1. The molecule has 3 rings (SSSR count). The zero-order chi connectivity index (χ0) is 13.2. The van der Waals surface area contributed by atoms with Crippen LogP contribution >= 0.6 is 0 Å². The number of hydrogen-bond donors (Lipinski definition) is 0. The molecular weight excluding hydrogens is 236 g/mol. The van der Waals surface area contributed by atoms with Crippen molar-refractivity contribution in [1.82, 2.24) is 9.38 Å². The molecule has 3 nitrogen and oxygen atoms in total. The van der Waals surface area contributed by atoms with Crippen LogP contribution < -0.4 is 4.74 Å². The van der Waals surface area contributed by atoms with Crippen molar-refractivity contribution in [1.29, 1.82) is 0 Å². The molecule has 0 unspecified atom stereocenters. The number of fused-ring (bicyclic) bond motifs is 1. The largest absolute Gasteiger partial charge is 0.487 e. The molecule has 0 saturated heterocycles. The highest BCUT2D eigenvalue weighted by atomic mass is 16.5. The number of rotatable bonds is 3. The fourth-order valence-corrected chi connectivity index (χ4v) is 2.31. The summed E-state index contributed by atoms with van der Waals surface area (Å²) in [5.74, 6) is 1.86. The molecule has 96 valence electrons. The molecular formula is C16H16N2O. The molecule has 0 aliphatic rings. The summed E-state index contributed by atoms with van der Waals surface area (Å²) in [7, 11) is 0. The maximum atomic E-state index is 5.94. The van der Waals surface area contributed by atoms with E-state index in [1.54, 1.807) is 0 Å². The second-order valence-electron chi connectivity index (χ2n) is 4.61. The van der Waals surface area contributed by atoms with Gasteiger partial charge in [0.25, 0.3) is 0 Å². The minimum absolute atomic E-state index is 0.574. The van der Waals surface area contributed by atoms with E-state index in [4.69, 9.17) is 4.74 Å². The Bertz CT molecular complexity index is 701. The van der Waals surface area contributed by atoms with Crippen LogP contribution in [0, 0.1) is 13.8 Å². The van der Waals surface area contributed by atoms with E-state index in [2.05, 4.69) is 21.5 Å². The molecule has 0 fully saturated rings. The Morgan fingerprint density at radius 3 is 2.63 bits per heavy atom. The Labute approximate surface area is 112 Å². The van der Waals surface area contributed by atoms with Gasteiger partial charge in [-0.25, -0.2) is 4.98 Å². The van der Waals surface area contributed by atoms with Crippen LogP contribution in [0.5, 0.6) is 5.75 Å². The van der Waals surface area contributed by atoms with Gasteiger partial charge in [-0.1, -0.05) is 30.3 Å². The third-order valence-electron chi connectivity index (χ3n) is 3.22. The molecule has 2 heterocycles. The van der Waals surface area contributed by atoms with Gasteiger partial charge in [0, 0.05) is 6.20 Å². The second-order valence-corrected chi connectivity index (χ2v) is 4.61. The third kappa shape index (κ3) is 2.19. The predicted octanol–water partition coefficient (Wildman–Crippen LogP) is 3.53. The number of aromatic nitrogens is 2. The Balaban J connectivity index is 1.93. The van der Waals surface area contributed by atoms with Gasteiger partial charge in [0.2, 0.25) is 0 Å². The third-order valence-corrected chi connectivity index (χ3v) is 3.22. The molecule has 0 N–H and O–H groups in total. The van der Waals surface area contributed by atoms with Gasteiger partial charge in [0.15, 0.2) is 0 Å². The summed E-state index contributed by atoms with van der Waals surface area (Å²) in [5.41, 5.74) is 3.22. The smallest absolute Gasteiger partial charge is 0.145 e. The Hall–Kier alpha value is -2.29. The molecule has 2 aromatic heterocycles. The van der Waals surface area contributed by atoms with E-state index in [9.17, 15) is 0 Å². The van der Waals surface area contributed by atoms with Crippen molar-refractivity contribution < 1.29 is 4.74 Å². The van der Waals surface area contributed by atoms with Gasteiger partial charge in [-0.2, -0.15) is 0 Å².